The average Bonchev–Trinajstić information content (AvgIpc) is 3.63. The van der Waals surface area contributed by atoms with Crippen molar-refractivity contribution in [1.29, 1.82) is 0 Å². The van der Waals surface area contributed by atoms with Gasteiger partial charge in [-0.25, -0.2) is 4.79 Å². The lowest BCUT2D eigenvalue weighted by Crippen LogP contribution is -2.67. The molecule has 0 amide bonds. The van der Waals surface area contributed by atoms with Gasteiger partial charge < -0.3 is 47.8 Å². The summed E-state index contributed by atoms with van der Waals surface area (Å²) in [6.07, 6.45) is -5.19. The molecule has 17 nitrogen and oxygen atoms in total. The Kier molecular flexibility index (Phi) is 12.6. The van der Waals surface area contributed by atoms with Crippen molar-refractivity contribution in [3.05, 3.63) is 36.3 Å². The fourth-order valence-corrected chi connectivity index (χ4v) is 10.3. The molecule has 2 aliphatic carbocycles. The number of aliphatic carboxylic acids is 1. The van der Waals surface area contributed by atoms with Gasteiger partial charge in [0, 0.05) is 37.0 Å². The van der Waals surface area contributed by atoms with Crippen molar-refractivity contribution in [3.8, 4) is 0 Å². The van der Waals surface area contributed by atoms with Crippen LogP contribution in [-0.2, 0) is 66.7 Å². The Bertz CT molecular complexity index is 1850. The number of carbonyl (C=O) groups excluding carboxylic acids is 6. The standard InChI is InChI=1S/C42H56O17/c1-12-20(4)37(50)56-33-31(24-13-14-53-17-24)41(10)34(57-38(51)32(47)19(2)3)29(36(48)49)30(21(5)42(41)35(33)59-42)40(9)25(15-27(45)52-11)39(8,18-54-22(6)43)58-28(46)16-26(40)55-23(7)44/h13-14,17,19-20,25-26,29-35,47H,5,12,15-16,18H2,1-4,6-11H3,(H,48,49). The molecule has 1 aromatic heterocycles. The van der Waals surface area contributed by atoms with Crippen LogP contribution in [0.5, 0.6) is 0 Å². The number of ether oxygens (including phenoxy) is 7. The van der Waals surface area contributed by atoms with Gasteiger partial charge >= 0.3 is 41.8 Å². The van der Waals surface area contributed by atoms with E-state index in [2.05, 4.69) is 6.58 Å². The van der Waals surface area contributed by atoms with Crippen LogP contribution < -0.4 is 0 Å². The molecule has 0 radical (unpaired) electrons. The number of rotatable bonds is 14. The number of carbonyl (C=O) groups is 7. The van der Waals surface area contributed by atoms with Crippen molar-refractivity contribution >= 4 is 41.8 Å². The van der Waals surface area contributed by atoms with Crippen molar-refractivity contribution in [2.45, 2.75) is 129 Å². The maximum Gasteiger partial charge on any atom is 0.335 e. The second-order valence-electron chi connectivity index (χ2n) is 17.3. The van der Waals surface area contributed by atoms with Gasteiger partial charge in [0.15, 0.2) is 6.10 Å². The number of methoxy groups -OCH3 is 1. The zero-order valence-electron chi connectivity index (χ0n) is 35.1. The van der Waals surface area contributed by atoms with Gasteiger partial charge in [-0.1, -0.05) is 48.1 Å². The quantitative estimate of drug-likeness (QED) is 0.118. The average molecular weight is 833 g/mol. The van der Waals surface area contributed by atoms with Crippen LogP contribution in [-0.4, -0.2) is 107 Å². The van der Waals surface area contributed by atoms with Crippen LogP contribution >= 0.6 is 0 Å². The van der Waals surface area contributed by atoms with E-state index in [0.29, 0.717) is 12.0 Å². The fraction of sp³-hybridized carbons (Fsp3) is 0.690. The van der Waals surface area contributed by atoms with Gasteiger partial charge in [-0.2, -0.15) is 0 Å². The van der Waals surface area contributed by atoms with Crippen LogP contribution in [0.25, 0.3) is 0 Å². The van der Waals surface area contributed by atoms with E-state index in [4.69, 9.17) is 37.6 Å². The zero-order chi connectivity index (χ0) is 44.2. The molecular weight excluding hydrogens is 776 g/mol. The van der Waals surface area contributed by atoms with Gasteiger partial charge in [0.25, 0.3) is 0 Å². The Hall–Kier alpha value is -4.77. The molecule has 4 fully saturated rings. The summed E-state index contributed by atoms with van der Waals surface area (Å²) in [7, 11) is 1.12. The van der Waals surface area contributed by atoms with E-state index in [-0.39, 0.29) is 5.57 Å². The SMILES string of the molecule is C=C1C(C2(C)C(OC(C)=O)CC(=O)OC(C)(COC(C)=O)C2CC(=O)OC)C(C(=O)O)C(OC(=O)C(O)C(C)C)C2(C)C(c3ccoc3)C(OC(=O)C(C)CC)C3OC132. The van der Waals surface area contributed by atoms with Crippen LogP contribution in [0.4, 0.5) is 0 Å². The molecule has 3 heterocycles. The number of esters is 6. The van der Waals surface area contributed by atoms with Crippen LogP contribution in [0.3, 0.4) is 0 Å². The summed E-state index contributed by atoms with van der Waals surface area (Å²) in [5, 5.41) is 22.6. The topological polar surface area (TPSA) is 241 Å². The number of carboxylic acids is 1. The Morgan fingerprint density at radius 1 is 0.983 bits per heavy atom. The fourth-order valence-electron chi connectivity index (χ4n) is 10.3. The van der Waals surface area contributed by atoms with Gasteiger partial charge in [0.2, 0.25) is 0 Å². The first-order valence-corrected chi connectivity index (χ1v) is 19.8. The first-order chi connectivity index (χ1) is 27.5. The smallest absolute Gasteiger partial charge is 0.335 e. The van der Waals surface area contributed by atoms with E-state index < -0.39 is 149 Å². The minimum atomic E-state index is -1.91. The predicted octanol–water partition coefficient (Wildman–Crippen LogP) is 3.68. The lowest BCUT2D eigenvalue weighted by Gasteiger charge is -2.59. The molecule has 17 heteroatoms. The van der Waals surface area contributed by atoms with Crippen molar-refractivity contribution in [2.75, 3.05) is 13.7 Å². The van der Waals surface area contributed by atoms with Gasteiger partial charge in [0.05, 0.1) is 43.8 Å². The Morgan fingerprint density at radius 2 is 1.64 bits per heavy atom. The van der Waals surface area contributed by atoms with Crippen molar-refractivity contribution in [1.82, 2.24) is 0 Å². The number of hydrogen-bond donors (Lipinski definition) is 2. The first-order valence-electron chi connectivity index (χ1n) is 19.8. The summed E-state index contributed by atoms with van der Waals surface area (Å²) < 4.78 is 47.1. The van der Waals surface area contributed by atoms with Gasteiger partial charge in [-0.05, 0) is 36.5 Å². The van der Waals surface area contributed by atoms with E-state index in [1.165, 1.54) is 26.4 Å². The summed E-state index contributed by atoms with van der Waals surface area (Å²) in [6.45, 7) is 17.3. The van der Waals surface area contributed by atoms with Crippen LogP contribution in [0, 0.1) is 40.4 Å². The van der Waals surface area contributed by atoms with Crippen LogP contribution in [0.2, 0.25) is 0 Å². The third-order valence-corrected chi connectivity index (χ3v) is 13.4. The van der Waals surface area contributed by atoms with Gasteiger partial charge in [-0.15, -0.1) is 0 Å². The van der Waals surface area contributed by atoms with Gasteiger partial charge in [0.1, 0.15) is 48.1 Å². The van der Waals surface area contributed by atoms with E-state index in [1.54, 1.807) is 33.8 Å². The van der Waals surface area contributed by atoms with Crippen molar-refractivity contribution in [3.63, 3.8) is 0 Å². The number of epoxide rings is 1. The Labute approximate surface area is 342 Å². The summed E-state index contributed by atoms with van der Waals surface area (Å²) in [5.41, 5.74) is -6.58. The second-order valence-corrected chi connectivity index (χ2v) is 17.3. The number of cyclic esters (lactones) is 1. The molecule has 14 atom stereocenters. The molecule has 2 aliphatic heterocycles. The summed E-state index contributed by atoms with van der Waals surface area (Å²) in [4.78, 5) is 94.3. The molecular formula is C42H56O17. The highest BCUT2D eigenvalue weighted by Crippen LogP contribution is 2.78. The molecule has 5 rings (SSSR count). The second kappa shape index (κ2) is 16.4. The molecule has 0 aromatic carbocycles. The number of hydrogen-bond acceptors (Lipinski definition) is 16. The lowest BCUT2D eigenvalue weighted by atomic mass is 9.45. The van der Waals surface area contributed by atoms with Crippen molar-refractivity contribution < 1.29 is 81.4 Å². The van der Waals surface area contributed by atoms with E-state index in [0.717, 1.165) is 21.0 Å². The number of aliphatic hydroxyl groups is 1. The van der Waals surface area contributed by atoms with Crippen LogP contribution in [0.1, 0.15) is 93.1 Å². The van der Waals surface area contributed by atoms with E-state index >= 15 is 0 Å². The molecule has 2 saturated heterocycles. The summed E-state index contributed by atoms with van der Waals surface area (Å²) in [6, 6.07) is 1.62. The lowest BCUT2D eigenvalue weighted by molar-refractivity contribution is -0.215. The third-order valence-electron chi connectivity index (χ3n) is 13.4. The summed E-state index contributed by atoms with van der Waals surface area (Å²) in [5.74, 6) is -13.6. The molecule has 326 valence electrons. The highest BCUT2D eigenvalue weighted by Gasteiger charge is 2.88. The molecule has 59 heavy (non-hydrogen) atoms. The number of aliphatic hydroxyl groups excluding tert-OH is 1. The third kappa shape index (κ3) is 7.42. The first kappa shape index (κ1) is 45.3. The normalized spacial score (nSPS) is 37.1. The molecule has 0 bridgehead atoms. The van der Waals surface area contributed by atoms with Crippen molar-refractivity contribution in [2.24, 2.45) is 40.4 Å². The predicted molar refractivity (Wildman–Crippen MR) is 201 cm³/mol. The molecule has 4 aliphatic rings. The molecule has 14 unspecified atom stereocenters. The van der Waals surface area contributed by atoms with E-state index in [9.17, 15) is 43.8 Å². The minimum absolute atomic E-state index is 0.0865. The number of carboxylic acid groups (broad SMARTS) is 1. The maximum absolute atomic E-state index is 14.3. The van der Waals surface area contributed by atoms with E-state index in [1.807, 2.05) is 6.92 Å². The Morgan fingerprint density at radius 3 is 2.17 bits per heavy atom. The monoisotopic (exact) mass is 832 g/mol. The molecule has 2 saturated carbocycles. The molecule has 1 aromatic rings. The van der Waals surface area contributed by atoms with Crippen LogP contribution in [0.15, 0.2) is 35.2 Å². The highest BCUT2D eigenvalue weighted by atomic mass is 16.7. The minimum Gasteiger partial charge on any atom is -0.481 e. The Balaban J connectivity index is 1.88. The number of furan rings is 1. The molecule has 2 N–H and O–H groups in total. The zero-order valence-corrected chi connectivity index (χ0v) is 35.1. The van der Waals surface area contributed by atoms with Gasteiger partial charge in [-0.3, -0.25) is 28.8 Å². The molecule has 1 spiro atoms. The highest BCUT2D eigenvalue weighted by molar-refractivity contribution is 5.79. The summed E-state index contributed by atoms with van der Waals surface area (Å²) >= 11 is 0. The maximum atomic E-state index is 14.3. The largest absolute Gasteiger partial charge is 0.481 e.